The fraction of sp³-hybridized carbons (Fsp3) is 0.167. The fourth-order valence-electron chi connectivity index (χ4n) is 3.45. The predicted molar refractivity (Wildman–Crippen MR) is 127 cm³/mol. The molecule has 0 aliphatic rings. The Hall–Kier alpha value is -3.85. The molecule has 166 valence electrons. The fourth-order valence-corrected chi connectivity index (χ4v) is 4.29. The largest absolute Gasteiger partial charge is 0.293 e. The average Bonchev–Trinajstić information content (AvgIpc) is 3.27. The molecule has 33 heavy (non-hydrogen) atoms. The number of pyridine rings is 1. The summed E-state index contributed by atoms with van der Waals surface area (Å²) in [6, 6.07) is 17.5. The van der Waals surface area contributed by atoms with Crippen LogP contribution in [0.15, 0.2) is 78.2 Å². The number of carbonyl (C=O) groups is 1. The highest BCUT2D eigenvalue weighted by Gasteiger charge is 2.21. The lowest BCUT2D eigenvalue weighted by Crippen LogP contribution is -2.07. The van der Waals surface area contributed by atoms with Gasteiger partial charge in [-0.2, -0.15) is 0 Å². The summed E-state index contributed by atoms with van der Waals surface area (Å²) in [6.45, 7) is 4.23. The highest BCUT2D eigenvalue weighted by Crippen LogP contribution is 2.32. The second-order valence-corrected chi connectivity index (χ2v) is 8.56. The normalized spacial score (nSPS) is 11.0. The molecule has 0 aliphatic carbocycles. The van der Waals surface area contributed by atoms with E-state index in [9.17, 15) is 14.9 Å². The summed E-state index contributed by atoms with van der Waals surface area (Å²) in [7, 11) is 0. The summed E-state index contributed by atoms with van der Waals surface area (Å²) >= 11 is 1.24. The van der Waals surface area contributed by atoms with Gasteiger partial charge >= 0.3 is 0 Å². The molecule has 4 aromatic rings. The number of nitro benzene ring substituents is 1. The zero-order valence-corrected chi connectivity index (χ0v) is 18.9. The van der Waals surface area contributed by atoms with Crippen LogP contribution in [0.2, 0.25) is 0 Å². The maximum atomic E-state index is 12.8. The molecule has 9 heteroatoms. The van der Waals surface area contributed by atoms with Gasteiger partial charge < -0.3 is 0 Å². The van der Waals surface area contributed by atoms with Crippen LogP contribution in [0.3, 0.4) is 0 Å². The van der Waals surface area contributed by atoms with E-state index >= 15 is 0 Å². The lowest BCUT2D eigenvalue weighted by atomic mass is 10.0. The number of Topliss-reactive ketones (excluding diaryl/α,β-unsaturated/α-hetero) is 1. The van der Waals surface area contributed by atoms with Crippen LogP contribution < -0.4 is 0 Å². The summed E-state index contributed by atoms with van der Waals surface area (Å²) in [4.78, 5) is 27.5. The van der Waals surface area contributed by atoms with Crippen LogP contribution in [-0.4, -0.2) is 36.2 Å². The van der Waals surface area contributed by atoms with Crippen LogP contribution in [0.1, 0.15) is 35.7 Å². The molecule has 2 aromatic heterocycles. The molecule has 0 atom stereocenters. The smallest absolute Gasteiger partial charge is 0.270 e. The van der Waals surface area contributed by atoms with Gasteiger partial charge in [0, 0.05) is 35.7 Å². The lowest BCUT2D eigenvalue weighted by Gasteiger charge is -2.16. The number of aromatic nitrogens is 4. The SMILES string of the molecule is CC(C)c1ccccc1-n1c(SCC(=O)c2cccc([N+](=O)[O-])c2)nnc1-c1cccnc1. The zero-order chi connectivity index (χ0) is 23.4. The van der Waals surface area contributed by atoms with Crippen LogP contribution in [0, 0.1) is 10.1 Å². The van der Waals surface area contributed by atoms with E-state index in [1.165, 1.54) is 30.0 Å². The first kappa shape index (κ1) is 22.3. The van der Waals surface area contributed by atoms with Gasteiger partial charge in [0.25, 0.3) is 5.69 Å². The van der Waals surface area contributed by atoms with Crippen molar-refractivity contribution in [2.75, 3.05) is 5.75 Å². The molecular formula is C24H21N5O3S. The van der Waals surface area contributed by atoms with Crippen LogP contribution in [0.5, 0.6) is 0 Å². The molecule has 0 saturated carbocycles. The number of ketones is 1. The number of hydrogen-bond acceptors (Lipinski definition) is 7. The molecule has 4 rings (SSSR count). The topological polar surface area (TPSA) is 104 Å². The van der Waals surface area contributed by atoms with Gasteiger partial charge in [0.1, 0.15) is 0 Å². The Balaban J connectivity index is 1.71. The van der Waals surface area contributed by atoms with Gasteiger partial charge in [-0.05, 0) is 29.7 Å². The second-order valence-electron chi connectivity index (χ2n) is 7.62. The zero-order valence-electron chi connectivity index (χ0n) is 18.1. The van der Waals surface area contributed by atoms with Crippen molar-refractivity contribution in [1.82, 2.24) is 19.7 Å². The maximum Gasteiger partial charge on any atom is 0.270 e. The molecule has 0 amide bonds. The molecule has 2 aromatic carbocycles. The van der Waals surface area contributed by atoms with Crippen LogP contribution >= 0.6 is 11.8 Å². The first-order chi connectivity index (χ1) is 16.0. The highest BCUT2D eigenvalue weighted by molar-refractivity contribution is 7.99. The van der Waals surface area contributed by atoms with Gasteiger partial charge in [-0.25, -0.2) is 0 Å². The van der Waals surface area contributed by atoms with E-state index in [0.29, 0.717) is 11.0 Å². The van der Waals surface area contributed by atoms with E-state index < -0.39 is 4.92 Å². The highest BCUT2D eigenvalue weighted by atomic mass is 32.2. The maximum absolute atomic E-state index is 12.8. The van der Waals surface area contributed by atoms with E-state index in [1.807, 2.05) is 34.9 Å². The molecule has 0 radical (unpaired) electrons. The quantitative estimate of drug-likeness (QED) is 0.152. The summed E-state index contributed by atoms with van der Waals surface area (Å²) in [6.07, 6.45) is 3.42. The van der Waals surface area contributed by atoms with Crippen molar-refractivity contribution in [1.29, 1.82) is 0 Å². The summed E-state index contributed by atoms with van der Waals surface area (Å²) in [5.41, 5.74) is 3.04. The van der Waals surface area contributed by atoms with Gasteiger partial charge in [-0.1, -0.05) is 55.9 Å². The van der Waals surface area contributed by atoms with Gasteiger partial charge in [-0.3, -0.25) is 24.5 Å². The Labute approximate surface area is 194 Å². The summed E-state index contributed by atoms with van der Waals surface area (Å²) in [5, 5.41) is 20.4. The van der Waals surface area contributed by atoms with Crippen LogP contribution in [-0.2, 0) is 0 Å². The molecule has 2 heterocycles. The minimum atomic E-state index is -0.510. The first-order valence-electron chi connectivity index (χ1n) is 10.3. The number of nitro groups is 1. The standard InChI is InChI=1S/C24H21N5O3S/c1-16(2)20-10-3-4-11-21(20)28-23(18-8-6-12-25-14-18)26-27-24(28)33-15-22(30)17-7-5-9-19(13-17)29(31)32/h3-14,16H,15H2,1-2H3. The third-order valence-electron chi connectivity index (χ3n) is 5.06. The van der Waals surface area contributed by atoms with Crippen molar-refractivity contribution >= 4 is 23.2 Å². The number of carbonyl (C=O) groups excluding carboxylic acids is 1. The first-order valence-corrected chi connectivity index (χ1v) is 11.3. The third kappa shape index (κ3) is 4.83. The Morgan fingerprint density at radius 1 is 1.09 bits per heavy atom. The number of rotatable bonds is 8. The minimum absolute atomic E-state index is 0.0657. The minimum Gasteiger partial charge on any atom is -0.293 e. The monoisotopic (exact) mass is 459 g/mol. The van der Waals surface area contributed by atoms with Crippen molar-refractivity contribution in [3.63, 3.8) is 0 Å². The number of non-ortho nitro benzene ring substituents is 1. The Bertz CT molecular complexity index is 1300. The van der Waals surface area contributed by atoms with Gasteiger partial charge in [0.15, 0.2) is 16.8 Å². The van der Waals surface area contributed by atoms with Gasteiger partial charge in [0.2, 0.25) is 0 Å². The molecule has 0 unspecified atom stereocenters. The van der Waals surface area contributed by atoms with E-state index in [-0.39, 0.29) is 28.7 Å². The van der Waals surface area contributed by atoms with E-state index in [1.54, 1.807) is 18.5 Å². The lowest BCUT2D eigenvalue weighted by molar-refractivity contribution is -0.384. The predicted octanol–water partition coefficient (Wildman–Crippen LogP) is 5.34. The summed E-state index contributed by atoms with van der Waals surface area (Å²) < 4.78 is 1.94. The van der Waals surface area contributed by atoms with Crippen molar-refractivity contribution in [3.8, 4) is 17.1 Å². The Kier molecular flexibility index (Phi) is 6.60. The van der Waals surface area contributed by atoms with Gasteiger partial charge in [0.05, 0.1) is 16.4 Å². The number of para-hydroxylation sites is 1. The van der Waals surface area contributed by atoms with Gasteiger partial charge in [-0.15, -0.1) is 10.2 Å². The molecular weight excluding hydrogens is 438 g/mol. The van der Waals surface area contributed by atoms with E-state index in [4.69, 9.17) is 0 Å². The van der Waals surface area contributed by atoms with Crippen molar-refractivity contribution in [3.05, 3.63) is 94.3 Å². The number of nitrogens with zero attached hydrogens (tertiary/aromatic N) is 5. The molecule has 0 saturated heterocycles. The molecule has 0 fully saturated rings. The van der Waals surface area contributed by atoms with Crippen LogP contribution in [0.25, 0.3) is 17.1 Å². The van der Waals surface area contributed by atoms with Crippen molar-refractivity contribution < 1.29 is 9.72 Å². The number of benzene rings is 2. The average molecular weight is 460 g/mol. The van der Waals surface area contributed by atoms with Crippen LogP contribution in [0.4, 0.5) is 5.69 Å². The molecule has 0 spiro atoms. The number of hydrogen-bond donors (Lipinski definition) is 0. The number of thioether (sulfide) groups is 1. The molecule has 0 N–H and O–H groups in total. The van der Waals surface area contributed by atoms with E-state index in [2.05, 4.69) is 35.1 Å². The van der Waals surface area contributed by atoms with Crippen molar-refractivity contribution in [2.24, 2.45) is 0 Å². The van der Waals surface area contributed by atoms with Crippen molar-refractivity contribution in [2.45, 2.75) is 24.9 Å². The Morgan fingerprint density at radius 2 is 1.91 bits per heavy atom. The third-order valence-corrected chi connectivity index (χ3v) is 5.99. The molecule has 0 bridgehead atoms. The molecule has 8 nitrogen and oxygen atoms in total. The molecule has 0 aliphatic heterocycles. The Morgan fingerprint density at radius 3 is 2.64 bits per heavy atom. The summed E-state index contributed by atoms with van der Waals surface area (Å²) in [5.74, 6) is 0.727. The van der Waals surface area contributed by atoms with E-state index in [0.717, 1.165) is 16.8 Å². The second kappa shape index (κ2) is 9.74.